The number of rotatable bonds is 1. The number of halogens is 1. The van der Waals surface area contributed by atoms with Gasteiger partial charge in [-0.3, -0.25) is 0 Å². The fourth-order valence-electron chi connectivity index (χ4n) is 0.752. The third-order valence-electron chi connectivity index (χ3n) is 1.37. The Balaban J connectivity index is 0.000000791. The second-order valence-corrected chi connectivity index (χ2v) is 2.56. The minimum absolute atomic E-state index is 0.0516. The summed E-state index contributed by atoms with van der Waals surface area (Å²) in [6.45, 7) is 4.00. The summed E-state index contributed by atoms with van der Waals surface area (Å²) in [5.41, 5.74) is 0.320. The highest BCUT2D eigenvalue weighted by Gasteiger charge is 2.07. The summed E-state index contributed by atoms with van der Waals surface area (Å²) in [7, 11) is 1.28. The molecular formula is C10H13ClO3. The molecule has 14 heavy (non-hydrogen) atoms. The molecule has 1 rings (SSSR count). The zero-order chi connectivity index (χ0) is 11.1. The summed E-state index contributed by atoms with van der Waals surface area (Å²) < 4.78 is 4.45. The molecule has 4 heteroatoms. The van der Waals surface area contributed by atoms with Crippen LogP contribution in [0.2, 0.25) is 5.02 Å². The lowest BCUT2D eigenvalue weighted by atomic mass is 10.2. The monoisotopic (exact) mass is 216 g/mol. The van der Waals surface area contributed by atoms with Crippen molar-refractivity contribution in [3.05, 3.63) is 28.8 Å². The summed E-state index contributed by atoms with van der Waals surface area (Å²) in [5, 5.41) is 9.15. The van der Waals surface area contributed by atoms with E-state index in [1.54, 1.807) is 0 Å². The molecule has 0 amide bonds. The van der Waals surface area contributed by atoms with Crippen LogP contribution in [0, 0.1) is 0 Å². The predicted molar refractivity (Wildman–Crippen MR) is 55.8 cm³/mol. The second-order valence-electron chi connectivity index (χ2n) is 2.16. The molecule has 0 bridgehead atoms. The zero-order valence-electron chi connectivity index (χ0n) is 8.37. The number of aromatic hydroxyl groups is 1. The highest BCUT2D eigenvalue weighted by Crippen LogP contribution is 2.23. The van der Waals surface area contributed by atoms with Gasteiger partial charge >= 0.3 is 5.97 Å². The molecule has 0 aliphatic carbocycles. The fraction of sp³-hybridized carbons (Fsp3) is 0.300. The molecule has 1 N–H and O–H groups in total. The molecule has 0 heterocycles. The first-order valence-electron chi connectivity index (χ1n) is 4.22. The number of carbonyl (C=O) groups excluding carboxylic acids is 1. The summed E-state index contributed by atoms with van der Waals surface area (Å²) in [6, 6.07) is 4.13. The normalized spacial score (nSPS) is 8.57. The maximum Gasteiger partial charge on any atom is 0.337 e. The van der Waals surface area contributed by atoms with Crippen molar-refractivity contribution in [2.75, 3.05) is 7.11 Å². The lowest BCUT2D eigenvalue weighted by Crippen LogP contribution is -2.00. The topological polar surface area (TPSA) is 46.5 Å². The van der Waals surface area contributed by atoms with E-state index in [1.807, 2.05) is 13.8 Å². The van der Waals surface area contributed by atoms with Crippen LogP contribution >= 0.6 is 11.6 Å². The number of phenolic OH excluding ortho intramolecular Hbond substituents is 1. The van der Waals surface area contributed by atoms with Gasteiger partial charge in [-0.25, -0.2) is 4.79 Å². The van der Waals surface area contributed by atoms with Crippen molar-refractivity contribution in [2.45, 2.75) is 13.8 Å². The summed E-state index contributed by atoms with van der Waals surface area (Å²) >= 11 is 5.56. The van der Waals surface area contributed by atoms with E-state index in [0.29, 0.717) is 5.56 Å². The molecule has 0 unspecified atom stereocenters. The quantitative estimate of drug-likeness (QED) is 0.735. The van der Waals surface area contributed by atoms with Crippen LogP contribution in [0.5, 0.6) is 5.75 Å². The minimum Gasteiger partial charge on any atom is -0.506 e. The van der Waals surface area contributed by atoms with Gasteiger partial charge in [0, 0.05) is 0 Å². The average Bonchev–Trinajstić information content (AvgIpc) is 2.24. The molecule has 1 aromatic rings. The molecule has 0 radical (unpaired) electrons. The number of ether oxygens (including phenoxy) is 1. The van der Waals surface area contributed by atoms with Gasteiger partial charge in [-0.1, -0.05) is 25.4 Å². The SMILES string of the molecule is CC.COC(=O)c1ccc(O)c(Cl)c1. The third kappa shape index (κ3) is 3.26. The fourth-order valence-corrected chi connectivity index (χ4v) is 0.932. The first kappa shape index (κ1) is 12.8. The average molecular weight is 217 g/mol. The maximum atomic E-state index is 10.9. The number of methoxy groups -OCH3 is 1. The van der Waals surface area contributed by atoms with Gasteiger partial charge in [-0.05, 0) is 18.2 Å². The van der Waals surface area contributed by atoms with E-state index in [1.165, 1.54) is 25.3 Å². The van der Waals surface area contributed by atoms with E-state index >= 15 is 0 Å². The molecule has 1 aromatic carbocycles. The van der Waals surface area contributed by atoms with Crippen molar-refractivity contribution in [1.82, 2.24) is 0 Å². The van der Waals surface area contributed by atoms with E-state index in [9.17, 15) is 4.79 Å². The van der Waals surface area contributed by atoms with Crippen molar-refractivity contribution >= 4 is 17.6 Å². The number of hydrogen-bond acceptors (Lipinski definition) is 3. The summed E-state index contributed by atoms with van der Waals surface area (Å²) in [5.74, 6) is -0.527. The summed E-state index contributed by atoms with van der Waals surface area (Å²) in [4.78, 5) is 10.9. The van der Waals surface area contributed by atoms with E-state index in [0.717, 1.165) is 0 Å². The first-order chi connectivity index (χ1) is 6.65. The van der Waals surface area contributed by atoms with E-state index < -0.39 is 5.97 Å². The number of benzene rings is 1. The predicted octanol–water partition coefficient (Wildman–Crippen LogP) is 2.86. The zero-order valence-corrected chi connectivity index (χ0v) is 9.13. The molecular weight excluding hydrogens is 204 g/mol. The van der Waals surface area contributed by atoms with Crippen LogP contribution in [-0.2, 0) is 4.74 Å². The second kappa shape index (κ2) is 6.27. The lowest BCUT2D eigenvalue weighted by molar-refractivity contribution is 0.0600. The van der Waals surface area contributed by atoms with Gasteiger partial charge in [-0.15, -0.1) is 0 Å². The van der Waals surface area contributed by atoms with Crippen LogP contribution in [0.15, 0.2) is 18.2 Å². The van der Waals surface area contributed by atoms with Crippen LogP contribution in [0.3, 0.4) is 0 Å². The maximum absolute atomic E-state index is 10.9. The highest BCUT2D eigenvalue weighted by atomic mass is 35.5. The Bertz CT molecular complexity index is 310. The molecule has 0 spiro atoms. The molecule has 0 fully saturated rings. The minimum atomic E-state index is -0.475. The van der Waals surface area contributed by atoms with Crippen molar-refractivity contribution in [1.29, 1.82) is 0 Å². The molecule has 3 nitrogen and oxygen atoms in total. The molecule has 0 aromatic heterocycles. The van der Waals surface area contributed by atoms with Crippen molar-refractivity contribution < 1.29 is 14.6 Å². The number of esters is 1. The molecule has 0 saturated heterocycles. The van der Waals surface area contributed by atoms with E-state index in [2.05, 4.69) is 4.74 Å². The summed E-state index contributed by atoms with van der Waals surface area (Å²) in [6.07, 6.45) is 0. The standard InChI is InChI=1S/C8H7ClO3.C2H6/c1-12-8(11)5-2-3-7(10)6(9)4-5;1-2/h2-4,10H,1H3;1-2H3. The Labute approximate surface area is 88.3 Å². The molecule has 0 atom stereocenters. The smallest absolute Gasteiger partial charge is 0.337 e. The van der Waals surface area contributed by atoms with Crippen LogP contribution in [0.4, 0.5) is 0 Å². The van der Waals surface area contributed by atoms with Gasteiger partial charge in [0.25, 0.3) is 0 Å². The first-order valence-corrected chi connectivity index (χ1v) is 4.60. The van der Waals surface area contributed by atoms with Gasteiger partial charge in [0.05, 0.1) is 17.7 Å². The molecule has 78 valence electrons. The van der Waals surface area contributed by atoms with Crippen LogP contribution in [0.1, 0.15) is 24.2 Å². The van der Waals surface area contributed by atoms with Gasteiger partial charge in [0.15, 0.2) is 0 Å². The van der Waals surface area contributed by atoms with Crippen LogP contribution in [0.25, 0.3) is 0 Å². The van der Waals surface area contributed by atoms with Crippen LogP contribution < -0.4 is 0 Å². The van der Waals surface area contributed by atoms with Crippen molar-refractivity contribution in [2.24, 2.45) is 0 Å². The van der Waals surface area contributed by atoms with Crippen molar-refractivity contribution in [3.63, 3.8) is 0 Å². The Morgan fingerprint density at radius 2 is 2.00 bits per heavy atom. The highest BCUT2D eigenvalue weighted by molar-refractivity contribution is 6.32. The number of phenols is 1. The largest absolute Gasteiger partial charge is 0.506 e. The van der Waals surface area contributed by atoms with E-state index in [-0.39, 0.29) is 10.8 Å². The number of hydrogen-bond donors (Lipinski definition) is 1. The third-order valence-corrected chi connectivity index (χ3v) is 1.67. The van der Waals surface area contributed by atoms with Gasteiger partial charge in [0.1, 0.15) is 5.75 Å². The Morgan fingerprint density at radius 1 is 1.43 bits per heavy atom. The number of carbonyl (C=O) groups is 1. The Morgan fingerprint density at radius 3 is 2.43 bits per heavy atom. The van der Waals surface area contributed by atoms with Crippen LogP contribution in [-0.4, -0.2) is 18.2 Å². The van der Waals surface area contributed by atoms with Crippen molar-refractivity contribution in [3.8, 4) is 5.75 Å². The Kier molecular flexibility index (Phi) is 5.72. The Hall–Kier alpha value is -1.22. The molecule has 0 saturated carbocycles. The molecule has 0 aliphatic heterocycles. The van der Waals surface area contributed by atoms with E-state index in [4.69, 9.17) is 16.7 Å². The van der Waals surface area contributed by atoms with Gasteiger partial charge < -0.3 is 9.84 Å². The lowest BCUT2D eigenvalue weighted by Gasteiger charge is -2.00. The molecule has 0 aliphatic rings. The van der Waals surface area contributed by atoms with Gasteiger partial charge in [-0.2, -0.15) is 0 Å². The van der Waals surface area contributed by atoms with Gasteiger partial charge in [0.2, 0.25) is 0 Å².